The Kier molecular flexibility index (Phi) is 7.16. The van der Waals surface area contributed by atoms with E-state index in [1.807, 2.05) is 60.0 Å². The molecular weight excluding hydrogens is 472 g/mol. The fourth-order valence-corrected chi connectivity index (χ4v) is 4.48. The summed E-state index contributed by atoms with van der Waals surface area (Å²) < 4.78 is 7.44. The molecule has 1 N–H and O–H groups in total. The zero-order valence-electron chi connectivity index (χ0n) is 18.1. The van der Waals surface area contributed by atoms with E-state index in [1.54, 1.807) is 24.3 Å². The molecule has 4 aromatic rings. The van der Waals surface area contributed by atoms with Gasteiger partial charge in [0.15, 0.2) is 17.6 Å². The molecule has 4 rings (SSSR count). The van der Waals surface area contributed by atoms with Gasteiger partial charge < -0.3 is 14.4 Å². The van der Waals surface area contributed by atoms with Gasteiger partial charge in [-0.05, 0) is 65.9 Å². The first-order valence-corrected chi connectivity index (χ1v) is 11.5. The number of aromatic nitrogens is 3. The Morgan fingerprint density at radius 3 is 2.65 bits per heavy atom. The van der Waals surface area contributed by atoms with Crippen LogP contribution in [0.3, 0.4) is 0 Å². The summed E-state index contributed by atoms with van der Waals surface area (Å²) in [5.74, 6) is -0.0594. The fourth-order valence-electron chi connectivity index (χ4n) is 3.49. The molecule has 0 fully saturated rings. The van der Waals surface area contributed by atoms with E-state index in [2.05, 4.69) is 10.2 Å². The van der Waals surface area contributed by atoms with Crippen molar-refractivity contribution in [1.29, 1.82) is 5.26 Å². The van der Waals surface area contributed by atoms with E-state index in [1.165, 1.54) is 0 Å². The Morgan fingerprint density at radius 2 is 1.94 bits per heavy atom. The quantitative estimate of drug-likeness (QED) is 0.242. The lowest BCUT2D eigenvalue weighted by molar-refractivity contribution is -0.131. The Morgan fingerprint density at radius 1 is 1.18 bits per heavy atom. The Balaban J connectivity index is 1.78. The number of ether oxygens (including phenoxy) is 1. The summed E-state index contributed by atoms with van der Waals surface area (Å²) in [5, 5.41) is 30.3. The van der Waals surface area contributed by atoms with Gasteiger partial charge in [-0.1, -0.05) is 41.9 Å². The van der Waals surface area contributed by atoms with Crippen LogP contribution in [-0.2, 0) is 11.3 Å². The number of nitriles is 1. The fraction of sp³-hybridized carbons (Fsp3) is 0.120. The smallest absolute Gasteiger partial charge is 0.342 e. The summed E-state index contributed by atoms with van der Waals surface area (Å²) in [6.07, 6.45) is 1.55. The van der Waals surface area contributed by atoms with E-state index < -0.39 is 5.97 Å². The first kappa shape index (κ1) is 23.4. The first-order chi connectivity index (χ1) is 16.5. The van der Waals surface area contributed by atoms with Crippen molar-refractivity contribution in [2.24, 2.45) is 0 Å². The van der Waals surface area contributed by atoms with Crippen molar-refractivity contribution < 1.29 is 14.6 Å². The summed E-state index contributed by atoms with van der Waals surface area (Å²) in [4.78, 5) is 12.3. The maximum atomic E-state index is 12.2. The predicted octanol–water partition coefficient (Wildman–Crippen LogP) is 5.89. The van der Waals surface area contributed by atoms with Crippen molar-refractivity contribution in [3.63, 3.8) is 0 Å². The molecule has 0 unspecified atom stereocenters. The lowest BCUT2D eigenvalue weighted by Gasteiger charge is -2.12. The number of benzene rings is 3. The summed E-state index contributed by atoms with van der Waals surface area (Å²) in [6, 6.07) is 20.4. The van der Waals surface area contributed by atoms with Crippen LogP contribution in [0.15, 0.2) is 70.7 Å². The van der Waals surface area contributed by atoms with Gasteiger partial charge in [-0.15, -0.1) is 10.2 Å². The van der Waals surface area contributed by atoms with Crippen molar-refractivity contribution in [3.05, 3.63) is 76.2 Å². The molecule has 1 heterocycles. The third kappa shape index (κ3) is 4.91. The second-order valence-electron chi connectivity index (χ2n) is 7.12. The van der Waals surface area contributed by atoms with Gasteiger partial charge in [0, 0.05) is 22.7 Å². The van der Waals surface area contributed by atoms with Gasteiger partial charge >= 0.3 is 5.97 Å². The summed E-state index contributed by atoms with van der Waals surface area (Å²) in [5.41, 5.74) is 1.41. The van der Waals surface area contributed by atoms with Crippen molar-refractivity contribution >= 4 is 46.2 Å². The standard InChI is InChI=1S/C25H19ClN4O3S/c1-2-30-23(17-7-10-18(26)11-8-17)28-29-25(30)34-22(24(31)32)15-20-19-6-4-3-5-16(19)9-12-21(20)33-14-13-27/h3-12,15H,2,14H2,1H3,(H,31,32)/b22-15-. The minimum Gasteiger partial charge on any atom is -0.478 e. The maximum absolute atomic E-state index is 12.2. The van der Waals surface area contributed by atoms with Crippen molar-refractivity contribution in [2.45, 2.75) is 18.6 Å². The van der Waals surface area contributed by atoms with Crippen LogP contribution in [0.2, 0.25) is 5.02 Å². The van der Waals surface area contributed by atoms with E-state index in [0.29, 0.717) is 33.9 Å². The van der Waals surface area contributed by atoms with Crippen LogP contribution in [0.4, 0.5) is 0 Å². The molecule has 9 heteroatoms. The highest BCUT2D eigenvalue weighted by molar-refractivity contribution is 8.04. The molecule has 1 aromatic heterocycles. The average molecular weight is 491 g/mol. The van der Waals surface area contributed by atoms with E-state index in [4.69, 9.17) is 21.6 Å². The predicted molar refractivity (Wildman–Crippen MR) is 133 cm³/mol. The van der Waals surface area contributed by atoms with Crippen molar-refractivity contribution in [1.82, 2.24) is 14.8 Å². The number of hydrogen-bond donors (Lipinski definition) is 1. The van der Waals surface area contributed by atoms with E-state index >= 15 is 0 Å². The molecule has 0 radical (unpaired) electrons. The van der Waals surface area contributed by atoms with E-state index in [0.717, 1.165) is 28.1 Å². The molecule has 0 amide bonds. The van der Waals surface area contributed by atoms with Gasteiger partial charge in [-0.3, -0.25) is 0 Å². The van der Waals surface area contributed by atoms with E-state index in [9.17, 15) is 9.90 Å². The van der Waals surface area contributed by atoms with Crippen LogP contribution in [-0.4, -0.2) is 32.4 Å². The largest absolute Gasteiger partial charge is 0.478 e. The van der Waals surface area contributed by atoms with Gasteiger partial charge in [0.2, 0.25) is 0 Å². The number of halogens is 1. The number of thioether (sulfide) groups is 1. The lowest BCUT2D eigenvalue weighted by Crippen LogP contribution is -2.03. The molecule has 170 valence electrons. The zero-order valence-corrected chi connectivity index (χ0v) is 19.7. The number of carboxylic acid groups (broad SMARTS) is 1. The second-order valence-corrected chi connectivity index (χ2v) is 8.56. The third-order valence-electron chi connectivity index (χ3n) is 5.05. The molecule has 0 saturated heterocycles. The number of fused-ring (bicyclic) bond motifs is 1. The third-order valence-corrected chi connectivity index (χ3v) is 6.29. The summed E-state index contributed by atoms with van der Waals surface area (Å²) in [6.45, 7) is 2.34. The number of nitrogens with zero attached hydrogens (tertiary/aromatic N) is 4. The van der Waals surface area contributed by atoms with Crippen molar-refractivity contribution in [2.75, 3.05) is 6.61 Å². The topological polar surface area (TPSA) is 101 Å². The Labute approximate surface area is 205 Å². The highest BCUT2D eigenvalue weighted by Gasteiger charge is 2.19. The summed E-state index contributed by atoms with van der Waals surface area (Å²) >= 11 is 7.00. The molecular formula is C25H19ClN4O3S. The maximum Gasteiger partial charge on any atom is 0.342 e. The van der Waals surface area contributed by atoms with E-state index in [-0.39, 0.29) is 11.5 Å². The minimum atomic E-state index is -1.11. The van der Waals surface area contributed by atoms with Crippen molar-refractivity contribution in [3.8, 4) is 23.2 Å². The van der Waals surface area contributed by atoms with Crippen LogP contribution in [0, 0.1) is 11.3 Å². The number of carbonyl (C=O) groups is 1. The molecule has 34 heavy (non-hydrogen) atoms. The van der Waals surface area contributed by atoms with Crippen LogP contribution < -0.4 is 4.74 Å². The normalized spacial score (nSPS) is 11.4. The molecule has 3 aromatic carbocycles. The number of rotatable bonds is 8. The van der Waals surface area contributed by atoms with Gasteiger partial charge in [0.05, 0.1) is 0 Å². The van der Waals surface area contributed by atoms with Crippen LogP contribution >= 0.6 is 23.4 Å². The highest BCUT2D eigenvalue weighted by atomic mass is 35.5. The van der Waals surface area contributed by atoms with Crippen LogP contribution in [0.25, 0.3) is 28.2 Å². The molecule has 0 aliphatic rings. The minimum absolute atomic E-state index is 0.0444. The molecule has 0 aliphatic heterocycles. The second kappa shape index (κ2) is 10.4. The Hall–Kier alpha value is -3.80. The monoisotopic (exact) mass is 490 g/mol. The highest BCUT2D eigenvalue weighted by Crippen LogP contribution is 2.35. The van der Waals surface area contributed by atoms with Crippen LogP contribution in [0.1, 0.15) is 12.5 Å². The molecule has 0 saturated carbocycles. The molecule has 0 bridgehead atoms. The molecule has 0 aliphatic carbocycles. The van der Waals surface area contributed by atoms with Gasteiger partial charge in [0.25, 0.3) is 0 Å². The number of hydrogen-bond acceptors (Lipinski definition) is 6. The first-order valence-electron chi connectivity index (χ1n) is 10.3. The molecule has 0 atom stereocenters. The summed E-state index contributed by atoms with van der Waals surface area (Å²) in [7, 11) is 0. The molecule has 7 nitrogen and oxygen atoms in total. The average Bonchev–Trinajstić information content (AvgIpc) is 3.25. The van der Waals surface area contributed by atoms with Gasteiger partial charge in [-0.2, -0.15) is 5.26 Å². The number of carboxylic acids is 1. The van der Waals surface area contributed by atoms with Gasteiger partial charge in [-0.25, -0.2) is 4.79 Å². The number of aliphatic carboxylic acids is 1. The SMILES string of the molecule is CCn1c(S/C(=C\c2c(OCC#N)ccc3ccccc23)C(=O)O)nnc1-c1ccc(Cl)cc1. The molecule has 0 spiro atoms. The lowest BCUT2D eigenvalue weighted by atomic mass is 10.0. The zero-order chi connectivity index (χ0) is 24.1. The van der Waals surface area contributed by atoms with Crippen LogP contribution in [0.5, 0.6) is 5.75 Å². The Bertz CT molecular complexity index is 1420. The van der Waals surface area contributed by atoms with Gasteiger partial charge in [0.1, 0.15) is 16.7 Å².